The van der Waals surface area contributed by atoms with E-state index in [1.165, 1.54) is 6.92 Å². The fourth-order valence-corrected chi connectivity index (χ4v) is 4.24. The molecule has 1 fully saturated rings. The summed E-state index contributed by atoms with van der Waals surface area (Å²) < 4.78 is 0. The Labute approximate surface area is 162 Å². The van der Waals surface area contributed by atoms with Gasteiger partial charge in [0, 0.05) is 49.8 Å². The number of nitriles is 1. The Morgan fingerprint density at radius 2 is 2.30 bits per heavy atom. The summed E-state index contributed by atoms with van der Waals surface area (Å²) in [6.45, 7) is 3.47. The molecule has 3 rings (SSSR count). The van der Waals surface area contributed by atoms with Gasteiger partial charge < -0.3 is 10.2 Å². The summed E-state index contributed by atoms with van der Waals surface area (Å²) in [6.07, 6.45) is 2.67. The average Bonchev–Trinajstić information content (AvgIpc) is 3.16. The lowest BCUT2D eigenvalue weighted by atomic mass is 9.97. The van der Waals surface area contributed by atoms with Gasteiger partial charge in [0.1, 0.15) is 0 Å². The van der Waals surface area contributed by atoms with Gasteiger partial charge in [-0.05, 0) is 31.0 Å². The molecule has 7 heteroatoms. The van der Waals surface area contributed by atoms with Crippen LogP contribution in [0, 0.1) is 11.3 Å². The lowest BCUT2D eigenvalue weighted by Gasteiger charge is -2.32. The zero-order chi connectivity index (χ0) is 19.2. The molecule has 27 heavy (non-hydrogen) atoms. The summed E-state index contributed by atoms with van der Waals surface area (Å²) in [7, 11) is 0. The first-order valence-corrected chi connectivity index (χ1v) is 9.93. The van der Waals surface area contributed by atoms with Crippen molar-refractivity contribution in [1.82, 2.24) is 15.2 Å². The van der Waals surface area contributed by atoms with Gasteiger partial charge in [-0.3, -0.25) is 9.59 Å². The quantitative estimate of drug-likeness (QED) is 0.861. The van der Waals surface area contributed by atoms with E-state index in [1.807, 2.05) is 10.3 Å². The van der Waals surface area contributed by atoms with Crippen molar-refractivity contribution in [3.8, 4) is 6.07 Å². The molecule has 0 spiro atoms. The van der Waals surface area contributed by atoms with Gasteiger partial charge in [0.2, 0.25) is 5.91 Å². The Bertz CT molecular complexity index is 871. The number of carbonyl (C=O) groups is 2. The minimum Gasteiger partial charge on any atom is -0.356 e. The van der Waals surface area contributed by atoms with Gasteiger partial charge >= 0.3 is 0 Å². The number of thiazole rings is 1. The Balaban J connectivity index is 1.64. The van der Waals surface area contributed by atoms with Gasteiger partial charge in [0.15, 0.2) is 0 Å². The molecule has 0 radical (unpaired) electrons. The van der Waals surface area contributed by atoms with E-state index in [1.54, 1.807) is 35.6 Å². The van der Waals surface area contributed by atoms with Gasteiger partial charge in [-0.2, -0.15) is 5.26 Å². The number of likely N-dealkylation sites (tertiary alicyclic amines) is 1. The average molecular weight is 382 g/mol. The molecule has 2 heterocycles. The minimum absolute atomic E-state index is 0.0285. The third-order valence-electron chi connectivity index (χ3n) is 4.62. The molecule has 140 valence electrons. The van der Waals surface area contributed by atoms with E-state index in [0.717, 1.165) is 30.1 Å². The molecule has 1 atom stereocenters. The van der Waals surface area contributed by atoms with Crippen LogP contribution in [-0.2, 0) is 11.2 Å². The van der Waals surface area contributed by atoms with Crippen LogP contribution in [0.5, 0.6) is 0 Å². The summed E-state index contributed by atoms with van der Waals surface area (Å²) in [6, 6.07) is 8.94. The summed E-state index contributed by atoms with van der Waals surface area (Å²) in [5.41, 5.74) is 2.04. The fourth-order valence-electron chi connectivity index (χ4n) is 3.26. The molecule has 1 aromatic heterocycles. The second kappa shape index (κ2) is 8.78. The highest BCUT2D eigenvalue weighted by molar-refractivity contribution is 7.09. The van der Waals surface area contributed by atoms with Crippen molar-refractivity contribution in [1.29, 1.82) is 5.26 Å². The monoisotopic (exact) mass is 382 g/mol. The molecule has 2 amide bonds. The molecule has 1 N–H and O–H groups in total. The third kappa shape index (κ3) is 4.92. The Morgan fingerprint density at radius 3 is 3.07 bits per heavy atom. The number of hydrogen-bond donors (Lipinski definition) is 1. The normalized spacial score (nSPS) is 16.6. The van der Waals surface area contributed by atoms with Gasteiger partial charge in [-0.1, -0.05) is 6.07 Å². The maximum absolute atomic E-state index is 12.8. The van der Waals surface area contributed by atoms with Crippen LogP contribution >= 0.6 is 11.3 Å². The SMILES string of the molecule is CC(=O)NCCc1csc(C2CCCN(C(=O)c3cccc(C#N)c3)C2)n1. The molecular formula is C20H22N4O2S. The van der Waals surface area contributed by atoms with E-state index in [4.69, 9.17) is 10.2 Å². The maximum Gasteiger partial charge on any atom is 0.253 e. The number of nitrogens with one attached hydrogen (secondary N) is 1. The molecule has 1 aliphatic heterocycles. The highest BCUT2D eigenvalue weighted by Gasteiger charge is 2.27. The largest absolute Gasteiger partial charge is 0.356 e. The first kappa shape index (κ1) is 19.1. The number of rotatable bonds is 5. The van der Waals surface area contributed by atoms with Crippen LogP contribution in [-0.4, -0.2) is 41.3 Å². The second-order valence-electron chi connectivity index (χ2n) is 6.69. The predicted octanol–water partition coefficient (Wildman–Crippen LogP) is 2.71. The molecule has 1 aliphatic rings. The van der Waals surface area contributed by atoms with Crippen molar-refractivity contribution in [3.05, 3.63) is 51.5 Å². The highest BCUT2D eigenvalue weighted by atomic mass is 32.1. The number of aromatic nitrogens is 1. The van der Waals surface area contributed by atoms with Crippen molar-refractivity contribution >= 4 is 23.2 Å². The molecule has 1 aromatic carbocycles. The van der Waals surface area contributed by atoms with Crippen molar-refractivity contribution in [2.75, 3.05) is 19.6 Å². The van der Waals surface area contributed by atoms with Crippen LogP contribution in [0.1, 0.15) is 52.3 Å². The zero-order valence-corrected chi connectivity index (χ0v) is 16.1. The molecule has 0 aliphatic carbocycles. The lowest BCUT2D eigenvalue weighted by molar-refractivity contribution is -0.118. The molecular weight excluding hydrogens is 360 g/mol. The van der Waals surface area contributed by atoms with Crippen LogP contribution in [0.15, 0.2) is 29.6 Å². The summed E-state index contributed by atoms with van der Waals surface area (Å²) >= 11 is 1.63. The fraction of sp³-hybridized carbons (Fsp3) is 0.400. The standard InChI is InChI=1S/C20H22N4O2S/c1-14(25)22-8-7-18-13-27-19(23-18)17-6-3-9-24(12-17)20(26)16-5-2-4-15(10-16)11-21/h2,4-5,10,13,17H,3,6-9,12H2,1H3,(H,22,25). The number of piperidine rings is 1. The van der Waals surface area contributed by atoms with Gasteiger partial charge in [0.25, 0.3) is 5.91 Å². The van der Waals surface area contributed by atoms with Crippen molar-refractivity contribution < 1.29 is 9.59 Å². The van der Waals surface area contributed by atoms with Crippen LogP contribution in [0.4, 0.5) is 0 Å². The maximum atomic E-state index is 12.8. The van der Waals surface area contributed by atoms with Crippen LogP contribution in [0.2, 0.25) is 0 Å². The Kier molecular flexibility index (Phi) is 6.20. The van der Waals surface area contributed by atoms with Gasteiger partial charge in [0.05, 0.1) is 22.3 Å². The van der Waals surface area contributed by atoms with E-state index in [0.29, 0.717) is 30.6 Å². The number of carbonyl (C=O) groups excluding carboxylic acids is 2. The first-order chi connectivity index (χ1) is 13.1. The minimum atomic E-state index is -0.0349. The van der Waals surface area contributed by atoms with E-state index >= 15 is 0 Å². The van der Waals surface area contributed by atoms with Gasteiger partial charge in [-0.15, -0.1) is 11.3 Å². The zero-order valence-electron chi connectivity index (χ0n) is 15.3. The van der Waals surface area contributed by atoms with E-state index in [9.17, 15) is 9.59 Å². The molecule has 1 unspecified atom stereocenters. The number of nitrogens with zero attached hydrogens (tertiary/aromatic N) is 3. The number of benzene rings is 1. The van der Waals surface area contributed by atoms with E-state index < -0.39 is 0 Å². The van der Waals surface area contributed by atoms with E-state index in [-0.39, 0.29) is 17.7 Å². The molecule has 1 saturated heterocycles. The molecule has 0 saturated carbocycles. The summed E-state index contributed by atoms with van der Waals surface area (Å²) in [5, 5.41) is 14.9. The first-order valence-electron chi connectivity index (χ1n) is 9.05. The van der Waals surface area contributed by atoms with Gasteiger partial charge in [-0.25, -0.2) is 4.98 Å². The topological polar surface area (TPSA) is 86.1 Å². The second-order valence-corrected chi connectivity index (χ2v) is 7.58. The lowest BCUT2D eigenvalue weighted by Crippen LogP contribution is -2.39. The molecule has 0 bridgehead atoms. The molecule has 2 aromatic rings. The Hall–Kier alpha value is -2.72. The Morgan fingerprint density at radius 1 is 1.44 bits per heavy atom. The third-order valence-corrected chi connectivity index (χ3v) is 5.68. The van der Waals surface area contributed by atoms with Crippen molar-refractivity contribution in [3.63, 3.8) is 0 Å². The molecule has 6 nitrogen and oxygen atoms in total. The smallest absolute Gasteiger partial charge is 0.253 e. The van der Waals surface area contributed by atoms with Crippen molar-refractivity contribution in [2.45, 2.75) is 32.1 Å². The predicted molar refractivity (Wildman–Crippen MR) is 104 cm³/mol. The number of amides is 2. The van der Waals surface area contributed by atoms with E-state index in [2.05, 4.69) is 11.4 Å². The number of hydrogen-bond acceptors (Lipinski definition) is 5. The van der Waals surface area contributed by atoms with Crippen molar-refractivity contribution in [2.24, 2.45) is 0 Å². The highest BCUT2D eigenvalue weighted by Crippen LogP contribution is 2.30. The van der Waals surface area contributed by atoms with Crippen LogP contribution < -0.4 is 5.32 Å². The summed E-state index contributed by atoms with van der Waals surface area (Å²) in [4.78, 5) is 30.3. The van der Waals surface area contributed by atoms with Crippen LogP contribution in [0.25, 0.3) is 0 Å². The van der Waals surface area contributed by atoms with Crippen LogP contribution in [0.3, 0.4) is 0 Å². The summed E-state index contributed by atoms with van der Waals surface area (Å²) in [5.74, 6) is 0.174.